The predicted molar refractivity (Wildman–Crippen MR) is 148 cm³/mol. The van der Waals surface area contributed by atoms with Crippen molar-refractivity contribution in [2.24, 2.45) is 0 Å². The molecule has 0 radical (unpaired) electrons. The lowest BCUT2D eigenvalue weighted by Crippen LogP contribution is -2.58. The molecule has 4 aliphatic heterocycles. The van der Waals surface area contributed by atoms with E-state index in [-0.39, 0.29) is 42.7 Å². The van der Waals surface area contributed by atoms with Crippen molar-refractivity contribution < 1.29 is 33.3 Å². The van der Waals surface area contributed by atoms with Crippen molar-refractivity contribution in [3.63, 3.8) is 0 Å². The third kappa shape index (κ3) is 5.69. The van der Waals surface area contributed by atoms with Gasteiger partial charge in [0, 0.05) is 37.2 Å². The van der Waals surface area contributed by atoms with Crippen LogP contribution in [0.25, 0.3) is 0 Å². The highest BCUT2D eigenvalue weighted by molar-refractivity contribution is 5.97. The van der Waals surface area contributed by atoms with Gasteiger partial charge in [0.15, 0.2) is 18.1 Å². The smallest absolute Gasteiger partial charge is 0.258 e. The number of amides is 3. The largest absolute Gasteiger partial charge is 0.493 e. The lowest BCUT2D eigenvalue weighted by Gasteiger charge is -2.39. The molecule has 3 amide bonds. The van der Waals surface area contributed by atoms with Crippen LogP contribution in [0.5, 0.6) is 17.2 Å². The number of rotatable bonds is 2. The molecule has 1 fully saturated rings. The minimum atomic E-state index is -0.488. The summed E-state index contributed by atoms with van der Waals surface area (Å²) in [5.41, 5.74) is 3.81. The van der Waals surface area contributed by atoms with Crippen LogP contribution in [0.4, 0.5) is 0 Å². The molecular formula is C31H31N3O7. The number of carbonyl (C=O) groups excluding carboxylic acids is 3. The minimum absolute atomic E-state index is 0.0925. The van der Waals surface area contributed by atoms with Gasteiger partial charge in [-0.05, 0) is 53.1 Å². The van der Waals surface area contributed by atoms with Crippen molar-refractivity contribution in [2.45, 2.75) is 38.3 Å². The van der Waals surface area contributed by atoms with Crippen molar-refractivity contribution in [1.82, 2.24) is 15.5 Å². The first-order chi connectivity index (χ1) is 20.0. The topological polar surface area (TPSA) is 115 Å². The fourth-order valence-electron chi connectivity index (χ4n) is 5.41. The molecule has 3 aromatic carbocycles. The molecule has 1 saturated heterocycles. The maximum absolute atomic E-state index is 13.7. The predicted octanol–water partition coefficient (Wildman–Crippen LogP) is 2.83. The van der Waals surface area contributed by atoms with E-state index < -0.39 is 6.04 Å². The Hall–Kier alpha value is -4.57. The molecule has 0 aromatic heterocycles. The standard InChI is InChI=1S/C31H31N3O7/c1-38-27-10-7-20-13-28(27)40-18-29(35)32-14-19-5-8-22(9-6-19)41-26-11-12-34(15-25(26)33-30(20)36)31(37)23-4-2-3-21-16-39-17-24(21)23/h2-10,13,25-26H,11-12,14-18H2,1H3,(H,32,35)(H,33,36)/t25-,26+/m0/s1. The van der Waals surface area contributed by atoms with E-state index in [1.165, 1.54) is 7.11 Å². The molecule has 2 atom stereocenters. The molecule has 2 N–H and O–H groups in total. The summed E-state index contributed by atoms with van der Waals surface area (Å²) in [7, 11) is 1.49. The Balaban J connectivity index is 1.29. The molecule has 0 aliphatic carbocycles. The zero-order valence-electron chi connectivity index (χ0n) is 22.7. The Labute approximate surface area is 237 Å². The van der Waals surface area contributed by atoms with E-state index in [1.54, 1.807) is 23.1 Å². The van der Waals surface area contributed by atoms with Crippen LogP contribution in [0.15, 0.2) is 60.7 Å². The summed E-state index contributed by atoms with van der Waals surface area (Å²) in [6, 6.07) is 17.4. The number of likely N-dealkylation sites (tertiary alicyclic amines) is 1. The maximum Gasteiger partial charge on any atom is 0.258 e. The van der Waals surface area contributed by atoms with E-state index in [0.29, 0.717) is 55.4 Å². The van der Waals surface area contributed by atoms with Gasteiger partial charge in [-0.25, -0.2) is 0 Å². The van der Waals surface area contributed by atoms with Gasteiger partial charge < -0.3 is 34.5 Å². The average molecular weight is 558 g/mol. The van der Waals surface area contributed by atoms with E-state index in [1.807, 2.05) is 42.5 Å². The Kier molecular flexibility index (Phi) is 7.47. The van der Waals surface area contributed by atoms with Crippen molar-refractivity contribution in [1.29, 1.82) is 0 Å². The van der Waals surface area contributed by atoms with E-state index >= 15 is 0 Å². The van der Waals surface area contributed by atoms with E-state index in [4.69, 9.17) is 18.9 Å². The molecule has 7 rings (SSSR count). The van der Waals surface area contributed by atoms with Crippen LogP contribution < -0.4 is 24.8 Å². The Morgan fingerprint density at radius 1 is 1.02 bits per heavy atom. The van der Waals surface area contributed by atoms with Gasteiger partial charge >= 0.3 is 0 Å². The van der Waals surface area contributed by atoms with Gasteiger partial charge in [-0.2, -0.15) is 0 Å². The highest BCUT2D eigenvalue weighted by atomic mass is 16.5. The number of carbonyl (C=O) groups is 3. The summed E-state index contributed by atoms with van der Waals surface area (Å²) < 4.78 is 23.0. The van der Waals surface area contributed by atoms with Gasteiger partial charge in [0.2, 0.25) is 0 Å². The number of hydrogen-bond acceptors (Lipinski definition) is 7. The van der Waals surface area contributed by atoms with Crippen LogP contribution in [0, 0.1) is 0 Å². The molecule has 0 spiro atoms. The normalized spacial score (nSPS) is 20.5. The van der Waals surface area contributed by atoms with Gasteiger partial charge in [-0.1, -0.05) is 24.3 Å². The number of nitrogens with zero attached hydrogens (tertiary/aromatic N) is 1. The molecule has 4 aliphatic rings. The van der Waals surface area contributed by atoms with Crippen LogP contribution in [0.3, 0.4) is 0 Å². The number of piperidine rings is 1. The average Bonchev–Trinajstić information content (AvgIpc) is 3.49. The molecule has 0 saturated carbocycles. The van der Waals surface area contributed by atoms with Gasteiger partial charge in [-0.15, -0.1) is 0 Å². The Bertz CT molecular complexity index is 1470. The SMILES string of the molecule is COc1ccc2cc1OCC(=O)NCc1ccc(cc1)O[C@@H]1CCN(C(=O)c3cccc4c3COC4)C[C@@H]1NC2=O. The second-order valence-corrected chi connectivity index (χ2v) is 10.3. The second kappa shape index (κ2) is 11.5. The molecule has 4 heterocycles. The molecule has 212 valence electrons. The fraction of sp³-hybridized carbons (Fsp3) is 0.323. The Morgan fingerprint density at radius 2 is 1.88 bits per heavy atom. The lowest BCUT2D eigenvalue weighted by atomic mass is 9.98. The minimum Gasteiger partial charge on any atom is -0.493 e. The molecule has 10 heteroatoms. The van der Waals surface area contributed by atoms with Gasteiger partial charge in [-0.3, -0.25) is 14.4 Å². The summed E-state index contributed by atoms with van der Waals surface area (Å²) in [5, 5.41) is 5.92. The maximum atomic E-state index is 13.7. The van der Waals surface area contributed by atoms with Crippen molar-refractivity contribution in [3.05, 3.63) is 88.5 Å². The first kappa shape index (κ1) is 26.6. The zero-order chi connectivity index (χ0) is 28.3. The summed E-state index contributed by atoms with van der Waals surface area (Å²) in [5.74, 6) is 0.558. The van der Waals surface area contributed by atoms with E-state index in [9.17, 15) is 14.4 Å². The van der Waals surface area contributed by atoms with Crippen LogP contribution >= 0.6 is 0 Å². The van der Waals surface area contributed by atoms with E-state index in [2.05, 4.69) is 10.6 Å². The van der Waals surface area contributed by atoms with Crippen LogP contribution in [-0.2, 0) is 29.3 Å². The van der Waals surface area contributed by atoms with Crippen molar-refractivity contribution in [3.8, 4) is 17.2 Å². The van der Waals surface area contributed by atoms with Crippen LogP contribution in [-0.4, -0.2) is 61.6 Å². The highest BCUT2D eigenvalue weighted by Gasteiger charge is 2.36. The zero-order valence-corrected chi connectivity index (χ0v) is 22.7. The number of fused-ring (bicyclic) bond motifs is 8. The van der Waals surface area contributed by atoms with Gasteiger partial charge in [0.05, 0.1) is 26.4 Å². The van der Waals surface area contributed by atoms with Crippen LogP contribution in [0.2, 0.25) is 0 Å². The number of ether oxygens (including phenoxy) is 4. The number of benzene rings is 3. The fourth-order valence-corrected chi connectivity index (χ4v) is 5.41. The molecule has 3 aromatic rings. The number of methoxy groups -OCH3 is 1. The Morgan fingerprint density at radius 3 is 2.71 bits per heavy atom. The number of nitrogens with one attached hydrogen (secondary N) is 2. The molecule has 41 heavy (non-hydrogen) atoms. The molecule has 10 nitrogen and oxygen atoms in total. The summed E-state index contributed by atoms with van der Waals surface area (Å²) in [4.78, 5) is 41.3. The molecule has 4 bridgehead atoms. The molecular weight excluding hydrogens is 526 g/mol. The first-order valence-electron chi connectivity index (χ1n) is 13.6. The summed E-state index contributed by atoms with van der Waals surface area (Å²) in [6.45, 7) is 1.76. The third-order valence-electron chi connectivity index (χ3n) is 7.65. The number of hydrogen-bond donors (Lipinski definition) is 2. The van der Waals surface area contributed by atoms with Crippen LogP contribution in [0.1, 0.15) is 43.8 Å². The quantitative estimate of drug-likeness (QED) is 0.498. The third-order valence-corrected chi connectivity index (χ3v) is 7.65. The summed E-state index contributed by atoms with van der Waals surface area (Å²) in [6.07, 6.45) is 0.153. The van der Waals surface area contributed by atoms with Gasteiger partial charge in [0.1, 0.15) is 11.9 Å². The highest BCUT2D eigenvalue weighted by Crippen LogP contribution is 2.29. The van der Waals surface area contributed by atoms with Crippen molar-refractivity contribution >= 4 is 17.7 Å². The first-order valence-corrected chi connectivity index (χ1v) is 13.6. The van der Waals surface area contributed by atoms with Gasteiger partial charge in [0.25, 0.3) is 17.7 Å². The molecule has 0 unspecified atom stereocenters. The second-order valence-electron chi connectivity index (χ2n) is 10.3. The monoisotopic (exact) mass is 557 g/mol. The summed E-state index contributed by atoms with van der Waals surface area (Å²) >= 11 is 0. The lowest BCUT2D eigenvalue weighted by molar-refractivity contribution is -0.123. The van der Waals surface area contributed by atoms with E-state index in [0.717, 1.165) is 16.7 Å². The van der Waals surface area contributed by atoms with Crippen molar-refractivity contribution in [2.75, 3.05) is 26.8 Å².